The molecule has 2 heterocycles. The van der Waals surface area contributed by atoms with E-state index in [1.54, 1.807) is 11.3 Å². The largest absolute Gasteiger partial charge is 0.399 e. The van der Waals surface area contributed by atoms with Crippen molar-refractivity contribution in [1.82, 2.24) is 4.57 Å². The second-order valence-corrected chi connectivity index (χ2v) is 5.32. The lowest BCUT2D eigenvalue weighted by Gasteiger charge is -2.27. The number of aromatic nitrogens is 1. The van der Waals surface area contributed by atoms with Crippen LogP contribution >= 0.6 is 0 Å². The Morgan fingerprint density at radius 1 is 1.35 bits per heavy atom. The van der Waals surface area contributed by atoms with E-state index in [4.69, 9.17) is 5.73 Å². The van der Waals surface area contributed by atoms with E-state index in [2.05, 4.69) is 22.0 Å². The predicted molar refractivity (Wildman–Crippen MR) is 68.8 cm³/mol. The molecule has 2 aromatic rings. The molecule has 1 aromatic carbocycles. The smallest absolute Gasteiger partial charge is 0.127 e. The highest BCUT2D eigenvalue weighted by molar-refractivity contribution is 5.88. The highest BCUT2D eigenvalue weighted by Crippen LogP contribution is 2.37. The Morgan fingerprint density at radius 3 is 3.24 bits per heavy atom. The van der Waals surface area contributed by atoms with Crippen molar-refractivity contribution in [2.24, 2.45) is 0 Å². The number of anilines is 1. The van der Waals surface area contributed by atoms with Gasteiger partial charge in [-0.05, 0) is 36.6 Å². The minimum Gasteiger partial charge on any atom is -0.399 e. The average Bonchev–Trinajstić information content (AvgIpc) is 2.67. The van der Waals surface area contributed by atoms with Crippen LogP contribution in [0.25, 0.3) is 10.9 Å². The van der Waals surface area contributed by atoms with Crippen molar-refractivity contribution in [1.29, 1.82) is 0 Å². The van der Waals surface area contributed by atoms with Gasteiger partial charge in [0.1, 0.15) is 6.04 Å². The summed E-state index contributed by atoms with van der Waals surface area (Å²) in [5.74, 6) is 0. The molecular weight excluding hydrogens is 210 g/mol. The number of quaternary nitrogens is 1. The van der Waals surface area contributed by atoms with Gasteiger partial charge in [-0.2, -0.15) is 0 Å². The van der Waals surface area contributed by atoms with Crippen molar-refractivity contribution < 1.29 is 5.32 Å². The highest BCUT2D eigenvalue weighted by Gasteiger charge is 2.32. The van der Waals surface area contributed by atoms with Crippen LogP contribution in [0.2, 0.25) is 0 Å². The third-order valence-electron chi connectivity index (χ3n) is 4.33. The van der Waals surface area contributed by atoms with Gasteiger partial charge in [-0.1, -0.05) is 0 Å². The minimum atomic E-state index is 0.695. The molecule has 1 aromatic heterocycles. The molecule has 2 aliphatic rings. The van der Waals surface area contributed by atoms with Gasteiger partial charge in [0.15, 0.2) is 0 Å². The second kappa shape index (κ2) is 3.26. The minimum absolute atomic E-state index is 0.695. The molecule has 0 radical (unpaired) electrons. The third kappa shape index (κ3) is 1.20. The summed E-state index contributed by atoms with van der Waals surface area (Å²) < 4.78 is 2.54. The van der Waals surface area contributed by atoms with Crippen LogP contribution in [0.3, 0.4) is 0 Å². The lowest BCUT2D eigenvalue weighted by atomic mass is 9.91. The zero-order valence-corrected chi connectivity index (χ0v) is 9.95. The molecule has 1 aliphatic heterocycles. The Balaban J connectivity index is 2.11. The van der Waals surface area contributed by atoms with E-state index >= 15 is 0 Å². The number of rotatable bonds is 0. The monoisotopic (exact) mass is 228 g/mol. The Morgan fingerprint density at radius 2 is 2.29 bits per heavy atom. The molecule has 0 bridgehead atoms. The van der Waals surface area contributed by atoms with Gasteiger partial charge in [-0.15, -0.1) is 0 Å². The Hall–Kier alpha value is -1.48. The maximum atomic E-state index is 5.94. The lowest BCUT2D eigenvalue weighted by molar-refractivity contribution is -0.704. The van der Waals surface area contributed by atoms with E-state index in [9.17, 15) is 0 Å². The van der Waals surface area contributed by atoms with Crippen molar-refractivity contribution >= 4 is 16.6 Å². The van der Waals surface area contributed by atoms with Crippen molar-refractivity contribution in [3.63, 3.8) is 0 Å². The Kier molecular flexibility index (Phi) is 1.83. The third-order valence-corrected chi connectivity index (χ3v) is 4.33. The number of hydrogen-bond donors (Lipinski definition) is 2. The lowest BCUT2D eigenvalue weighted by Crippen LogP contribution is -2.88. The normalized spacial score (nSPS) is 22.7. The van der Waals surface area contributed by atoms with Gasteiger partial charge in [-0.25, -0.2) is 0 Å². The number of aryl methyl sites for hydroxylation is 1. The summed E-state index contributed by atoms with van der Waals surface area (Å²) in [6, 6.07) is 7.09. The molecule has 0 unspecified atom stereocenters. The van der Waals surface area contributed by atoms with Gasteiger partial charge < -0.3 is 15.6 Å². The summed E-state index contributed by atoms with van der Waals surface area (Å²) in [5, 5.41) is 3.92. The quantitative estimate of drug-likeness (QED) is 0.653. The number of hydrogen-bond acceptors (Lipinski definition) is 1. The van der Waals surface area contributed by atoms with Gasteiger partial charge in [0, 0.05) is 23.0 Å². The standard InChI is InChI=1S/C14H17N3/c15-9-4-5-13-11(8-9)10-2-1-3-12-14(10)17(13)7-6-16-12/h4-5,8,12,16H,1-3,6-7,15H2/p+1/t12-/m1/s1. The number of nitrogens with two attached hydrogens (primary N) is 2. The van der Waals surface area contributed by atoms with Crippen molar-refractivity contribution in [2.45, 2.75) is 31.8 Å². The van der Waals surface area contributed by atoms with Crippen LogP contribution < -0.4 is 11.1 Å². The molecule has 88 valence electrons. The van der Waals surface area contributed by atoms with E-state index in [-0.39, 0.29) is 0 Å². The molecule has 1 aliphatic carbocycles. The van der Waals surface area contributed by atoms with Gasteiger partial charge in [0.2, 0.25) is 0 Å². The topological polar surface area (TPSA) is 47.6 Å². The Labute approximate surface area is 101 Å². The molecule has 0 spiro atoms. The first-order valence-corrected chi connectivity index (χ1v) is 6.58. The molecular formula is C14H18N3+. The number of nitrogens with zero attached hydrogens (tertiary/aromatic N) is 1. The fourth-order valence-electron chi connectivity index (χ4n) is 3.66. The van der Waals surface area contributed by atoms with Crippen molar-refractivity contribution in [3.05, 3.63) is 29.5 Å². The summed E-state index contributed by atoms with van der Waals surface area (Å²) in [4.78, 5) is 0. The molecule has 4 N–H and O–H groups in total. The summed E-state index contributed by atoms with van der Waals surface area (Å²) in [7, 11) is 0. The van der Waals surface area contributed by atoms with Crippen LogP contribution in [-0.2, 0) is 13.0 Å². The molecule has 3 nitrogen and oxygen atoms in total. The SMILES string of the molecule is Nc1ccc2c(c1)c1c3n2CC[NH2+][C@@H]3CCC1. The van der Waals surface area contributed by atoms with Crippen LogP contribution in [0.15, 0.2) is 18.2 Å². The number of fused-ring (bicyclic) bond motifs is 3. The van der Waals surface area contributed by atoms with E-state index in [0.717, 1.165) is 12.2 Å². The average molecular weight is 228 g/mol. The molecule has 3 heteroatoms. The van der Waals surface area contributed by atoms with Crippen LogP contribution in [0, 0.1) is 0 Å². The van der Waals surface area contributed by atoms with Crippen LogP contribution in [0.4, 0.5) is 5.69 Å². The summed E-state index contributed by atoms with van der Waals surface area (Å²) in [5.41, 5.74) is 11.4. The molecule has 0 amide bonds. The van der Waals surface area contributed by atoms with Crippen molar-refractivity contribution in [3.8, 4) is 0 Å². The van der Waals surface area contributed by atoms with E-state index < -0.39 is 0 Å². The van der Waals surface area contributed by atoms with E-state index in [1.807, 2.05) is 6.07 Å². The molecule has 0 saturated heterocycles. The van der Waals surface area contributed by atoms with Crippen LogP contribution in [-0.4, -0.2) is 11.1 Å². The molecule has 0 saturated carbocycles. The van der Waals surface area contributed by atoms with Crippen LogP contribution in [0.5, 0.6) is 0 Å². The maximum Gasteiger partial charge on any atom is 0.127 e. The van der Waals surface area contributed by atoms with Gasteiger partial charge in [-0.3, -0.25) is 0 Å². The van der Waals surface area contributed by atoms with Crippen LogP contribution in [0.1, 0.15) is 30.1 Å². The fourth-order valence-corrected chi connectivity index (χ4v) is 3.66. The first kappa shape index (κ1) is 9.54. The van der Waals surface area contributed by atoms with Gasteiger partial charge >= 0.3 is 0 Å². The Bertz CT molecular complexity index is 595. The predicted octanol–water partition coefficient (Wildman–Crippen LogP) is 1.18. The number of nitrogen functional groups attached to an aromatic ring is 1. The van der Waals surface area contributed by atoms with E-state index in [0.29, 0.717) is 6.04 Å². The highest BCUT2D eigenvalue weighted by atomic mass is 15.1. The summed E-state index contributed by atoms with van der Waals surface area (Å²) in [6.07, 6.45) is 3.88. The van der Waals surface area contributed by atoms with Gasteiger partial charge in [0.05, 0.1) is 18.8 Å². The summed E-state index contributed by atoms with van der Waals surface area (Å²) >= 11 is 0. The summed E-state index contributed by atoms with van der Waals surface area (Å²) in [6.45, 7) is 2.36. The maximum absolute atomic E-state index is 5.94. The van der Waals surface area contributed by atoms with Gasteiger partial charge in [0.25, 0.3) is 0 Å². The van der Waals surface area contributed by atoms with Crippen molar-refractivity contribution in [2.75, 3.05) is 12.3 Å². The zero-order valence-electron chi connectivity index (χ0n) is 9.95. The fraction of sp³-hybridized carbons (Fsp3) is 0.429. The first-order chi connectivity index (χ1) is 8.34. The van der Waals surface area contributed by atoms with E-state index in [1.165, 1.54) is 36.7 Å². The molecule has 4 rings (SSSR count). The molecule has 17 heavy (non-hydrogen) atoms. The second-order valence-electron chi connectivity index (χ2n) is 5.32. The molecule has 1 atom stereocenters. The first-order valence-electron chi connectivity index (χ1n) is 6.58. The number of benzene rings is 1. The zero-order chi connectivity index (χ0) is 11.4. The molecule has 0 fully saturated rings.